The Morgan fingerprint density at radius 1 is 1.30 bits per heavy atom. The molecule has 10 heteroatoms. The van der Waals surface area contributed by atoms with Crippen LogP contribution in [0.2, 0.25) is 0 Å². The highest BCUT2D eigenvalue weighted by molar-refractivity contribution is 7.13. The molecule has 1 fully saturated rings. The molecule has 2 rings (SSSR count). The monoisotopic (exact) mass is 313 g/mol. The minimum atomic E-state index is -4.65. The molecule has 6 nitrogen and oxygen atoms in total. The Labute approximate surface area is 117 Å². The predicted octanol–water partition coefficient (Wildman–Crippen LogP) is 1.63. The van der Waals surface area contributed by atoms with Crippen LogP contribution in [0.3, 0.4) is 0 Å². The molecule has 1 aromatic rings. The van der Waals surface area contributed by atoms with Crippen molar-refractivity contribution < 1.29 is 27.4 Å². The van der Waals surface area contributed by atoms with Crippen LogP contribution in [-0.2, 0) is 9.47 Å². The van der Waals surface area contributed by atoms with Crippen molar-refractivity contribution in [2.45, 2.75) is 31.3 Å². The van der Waals surface area contributed by atoms with Gasteiger partial charge < -0.3 is 15.2 Å². The largest absolute Gasteiger partial charge is 0.522 e. The van der Waals surface area contributed by atoms with Crippen molar-refractivity contribution in [3.8, 4) is 5.19 Å². The average Bonchev–Trinajstić information content (AvgIpc) is 2.83. The van der Waals surface area contributed by atoms with Crippen LogP contribution < -0.4 is 10.5 Å². The Morgan fingerprint density at radius 3 is 2.75 bits per heavy atom. The lowest BCUT2D eigenvalue weighted by molar-refractivity contribution is -0.325. The first-order valence-electron chi connectivity index (χ1n) is 5.98. The van der Waals surface area contributed by atoms with Gasteiger partial charge in [0.05, 0.1) is 13.2 Å². The Balaban J connectivity index is 1.75. The van der Waals surface area contributed by atoms with Crippen LogP contribution in [0.5, 0.6) is 5.19 Å². The number of hydrogen-bond acceptors (Lipinski definition) is 7. The fourth-order valence-electron chi connectivity index (χ4n) is 1.66. The molecule has 114 valence electrons. The van der Waals surface area contributed by atoms with Gasteiger partial charge in [-0.3, -0.25) is 4.74 Å². The standard InChI is InChI=1S/C10H14F3N3O3S/c11-10(12,13)19-4-3-17-9-16-15-8(20-9)7-2-1-6(14)5-18-7/h6-7H,1-5,14H2/t6-,7+/m1/s1. The average molecular weight is 313 g/mol. The summed E-state index contributed by atoms with van der Waals surface area (Å²) in [4.78, 5) is 0. The molecule has 1 saturated heterocycles. The van der Waals surface area contributed by atoms with E-state index in [1.165, 1.54) is 0 Å². The normalized spacial score (nSPS) is 23.8. The summed E-state index contributed by atoms with van der Waals surface area (Å²) in [5.41, 5.74) is 5.71. The summed E-state index contributed by atoms with van der Waals surface area (Å²) in [6, 6.07) is 0.0365. The highest BCUT2D eigenvalue weighted by Crippen LogP contribution is 2.31. The third-order valence-electron chi connectivity index (χ3n) is 2.58. The lowest BCUT2D eigenvalue weighted by atomic mass is 10.1. The third-order valence-corrected chi connectivity index (χ3v) is 3.51. The van der Waals surface area contributed by atoms with Gasteiger partial charge in [-0.15, -0.1) is 18.3 Å². The number of nitrogens with zero attached hydrogens (tertiary/aromatic N) is 2. The van der Waals surface area contributed by atoms with Crippen LogP contribution >= 0.6 is 11.3 Å². The van der Waals surface area contributed by atoms with E-state index in [4.69, 9.17) is 15.2 Å². The maximum Gasteiger partial charge on any atom is 0.522 e. The van der Waals surface area contributed by atoms with Gasteiger partial charge in [-0.25, -0.2) is 0 Å². The van der Waals surface area contributed by atoms with Crippen molar-refractivity contribution in [1.29, 1.82) is 0 Å². The van der Waals surface area contributed by atoms with E-state index in [2.05, 4.69) is 14.9 Å². The molecule has 0 radical (unpaired) electrons. The molecule has 20 heavy (non-hydrogen) atoms. The van der Waals surface area contributed by atoms with Gasteiger partial charge >= 0.3 is 6.36 Å². The summed E-state index contributed by atoms with van der Waals surface area (Å²) >= 11 is 1.15. The summed E-state index contributed by atoms with van der Waals surface area (Å²) in [5.74, 6) is 0. The minimum Gasteiger partial charge on any atom is -0.466 e. The number of ether oxygens (including phenoxy) is 3. The molecule has 2 atom stereocenters. The molecule has 0 aromatic carbocycles. The molecule has 0 spiro atoms. The van der Waals surface area contributed by atoms with Crippen molar-refractivity contribution >= 4 is 11.3 Å². The van der Waals surface area contributed by atoms with E-state index < -0.39 is 13.0 Å². The first-order chi connectivity index (χ1) is 9.44. The van der Waals surface area contributed by atoms with Gasteiger partial charge in [-0.1, -0.05) is 16.4 Å². The molecule has 0 unspecified atom stereocenters. The molecule has 0 amide bonds. The van der Waals surface area contributed by atoms with Crippen LogP contribution in [0, 0.1) is 0 Å². The quantitative estimate of drug-likeness (QED) is 0.832. The zero-order valence-electron chi connectivity index (χ0n) is 10.4. The van der Waals surface area contributed by atoms with Gasteiger partial charge in [-0.05, 0) is 12.8 Å². The molecule has 1 aromatic heterocycles. The van der Waals surface area contributed by atoms with Gasteiger partial charge in [0.25, 0.3) is 5.19 Å². The number of nitrogens with two attached hydrogens (primary N) is 1. The minimum absolute atomic E-state index is 0.0365. The first-order valence-corrected chi connectivity index (χ1v) is 6.80. The molecule has 0 saturated carbocycles. The van der Waals surface area contributed by atoms with Crippen molar-refractivity contribution in [2.24, 2.45) is 5.73 Å². The van der Waals surface area contributed by atoms with Crippen molar-refractivity contribution in [2.75, 3.05) is 19.8 Å². The number of aromatic nitrogens is 2. The Hall–Kier alpha value is -0.970. The number of rotatable bonds is 5. The van der Waals surface area contributed by atoms with E-state index in [0.29, 0.717) is 11.6 Å². The molecule has 1 aliphatic rings. The predicted molar refractivity (Wildman–Crippen MR) is 63.3 cm³/mol. The lowest BCUT2D eigenvalue weighted by Crippen LogP contribution is -2.32. The fourth-order valence-corrected chi connectivity index (χ4v) is 2.46. The fraction of sp³-hybridized carbons (Fsp3) is 0.800. The Morgan fingerprint density at radius 2 is 2.10 bits per heavy atom. The van der Waals surface area contributed by atoms with E-state index in [1.54, 1.807) is 0 Å². The topological polar surface area (TPSA) is 79.5 Å². The Kier molecular flexibility index (Phi) is 5.13. The highest BCUT2D eigenvalue weighted by Gasteiger charge is 2.29. The molecule has 0 bridgehead atoms. The lowest BCUT2D eigenvalue weighted by Gasteiger charge is -2.24. The van der Waals surface area contributed by atoms with E-state index >= 15 is 0 Å². The van der Waals surface area contributed by atoms with Gasteiger partial charge in [0.15, 0.2) is 0 Å². The summed E-state index contributed by atoms with van der Waals surface area (Å²) in [6.45, 7) is -0.377. The van der Waals surface area contributed by atoms with Crippen LogP contribution in [0.25, 0.3) is 0 Å². The number of hydrogen-bond donors (Lipinski definition) is 1. The maximum absolute atomic E-state index is 11.7. The first kappa shape index (κ1) is 15.4. The third kappa shape index (κ3) is 4.85. The SMILES string of the molecule is N[C@@H]1CC[C@@H](c2nnc(OCCOC(F)(F)F)s2)OC1. The molecular formula is C10H14F3N3O3S. The Bertz CT molecular complexity index is 421. The van der Waals surface area contributed by atoms with E-state index in [0.717, 1.165) is 24.2 Å². The second-order valence-electron chi connectivity index (χ2n) is 4.21. The van der Waals surface area contributed by atoms with Gasteiger partial charge in [-0.2, -0.15) is 0 Å². The van der Waals surface area contributed by atoms with Gasteiger partial charge in [0.1, 0.15) is 17.7 Å². The number of alkyl halides is 3. The second kappa shape index (κ2) is 6.66. The zero-order valence-corrected chi connectivity index (χ0v) is 11.2. The zero-order chi connectivity index (χ0) is 14.6. The maximum atomic E-state index is 11.7. The van der Waals surface area contributed by atoms with E-state index in [9.17, 15) is 13.2 Å². The van der Waals surface area contributed by atoms with Crippen molar-refractivity contribution in [1.82, 2.24) is 10.2 Å². The highest BCUT2D eigenvalue weighted by atomic mass is 32.1. The van der Waals surface area contributed by atoms with Crippen LogP contribution in [-0.4, -0.2) is 42.4 Å². The molecule has 0 aliphatic carbocycles. The van der Waals surface area contributed by atoms with Gasteiger partial charge in [0, 0.05) is 6.04 Å². The molecule has 2 N–H and O–H groups in total. The smallest absolute Gasteiger partial charge is 0.466 e. The molecule has 2 heterocycles. The summed E-state index contributed by atoms with van der Waals surface area (Å²) in [6.07, 6.45) is -3.24. The summed E-state index contributed by atoms with van der Waals surface area (Å²) < 4.78 is 49.3. The molecular weight excluding hydrogens is 299 g/mol. The molecule has 1 aliphatic heterocycles. The van der Waals surface area contributed by atoms with Crippen molar-refractivity contribution in [3.05, 3.63) is 5.01 Å². The van der Waals surface area contributed by atoms with Crippen LogP contribution in [0.1, 0.15) is 24.0 Å². The second-order valence-corrected chi connectivity index (χ2v) is 5.18. The summed E-state index contributed by atoms with van der Waals surface area (Å²) in [5, 5.41) is 8.49. The van der Waals surface area contributed by atoms with E-state index in [1.807, 2.05) is 0 Å². The van der Waals surface area contributed by atoms with E-state index in [-0.39, 0.29) is 23.9 Å². The van der Waals surface area contributed by atoms with Crippen LogP contribution in [0.4, 0.5) is 13.2 Å². The number of halogens is 3. The van der Waals surface area contributed by atoms with Crippen molar-refractivity contribution in [3.63, 3.8) is 0 Å². The van der Waals surface area contributed by atoms with Gasteiger partial charge in [0.2, 0.25) is 0 Å². The summed E-state index contributed by atoms with van der Waals surface area (Å²) in [7, 11) is 0. The van der Waals surface area contributed by atoms with Crippen LogP contribution in [0.15, 0.2) is 0 Å².